The highest BCUT2D eigenvalue weighted by molar-refractivity contribution is 9.10. The minimum Gasteiger partial charge on any atom is -0.486 e. The molecule has 1 fully saturated rings. The normalized spacial score (nSPS) is 18.6. The number of hydrogen-bond acceptors (Lipinski definition) is 4. The summed E-state index contributed by atoms with van der Waals surface area (Å²) in [5.74, 6) is 1.09. The lowest BCUT2D eigenvalue weighted by atomic mass is 10.0. The summed E-state index contributed by atoms with van der Waals surface area (Å²) >= 11 is 3.52. The van der Waals surface area contributed by atoms with Gasteiger partial charge in [0.05, 0.1) is 6.42 Å². The van der Waals surface area contributed by atoms with Gasteiger partial charge in [-0.1, -0.05) is 22.0 Å². The molecule has 0 saturated carbocycles. The highest BCUT2D eigenvalue weighted by Crippen LogP contribution is 2.35. The number of rotatable bonds is 4. The van der Waals surface area contributed by atoms with E-state index < -0.39 is 0 Å². The SMILES string of the molecule is O=C(Cc1cc2c(cc1Br)OCCO2)N[C@H]1CCCN(c2cccc(F)c2)C1. The number of hydrogen-bond donors (Lipinski definition) is 1. The van der Waals surface area contributed by atoms with Gasteiger partial charge >= 0.3 is 0 Å². The molecule has 2 heterocycles. The number of piperidine rings is 1. The maximum Gasteiger partial charge on any atom is 0.224 e. The molecule has 0 unspecified atom stereocenters. The molecule has 0 radical (unpaired) electrons. The predicted octanol–water partition coefficient (Wildman–Crippen LogP) is 3.69. The van der Waals surface area contributed by atoms with Gasteiger partial charge in [0.2, 0.25) is 5.91 Å². The van der Waals surface area contributed by atoms with Crippen molar-refractivity contribution in [2.45, 2.75) is 25.3 Å². The number of nitrogens with zero attached hydrogens (tertiary/aromatic N) is 1. The van der Waals surface area contributed by atoms with Gasteiger partial charge in [0.25, 0.3) is 0 Å². The fraction of sp³-hybridized carbons (Fsp3) is 0.381. The summed E-state index contributed by atoms with van der Waals surface area (Å²) in [5, 5.41) is 3.12. The van der Waals surface area contributed by atoms with E-state index in [0.717, 1.165) is 35.1 Å². The molecule has 0 aliphatic carbocycles. The highest BCUT2D eigenvalue weighted by Gasteiger charge is 2.23. The summed E-state index contributed by atoms with van der Waals surface area (Å²) in [5.41, 5.74) is 1.72. The van der Waals surface area contributed by atoms with Gasteiger partial charge in [0, 0.05) is 29.3 Å². The molecule has 1 N–H and O–H groups in total. The average Bonchev–Trinajstić information content (AvgIpc) is 2.69. The largest absolute Gasteiger partial charge is 0.486 e. The summed E-state index contributed by atoms with van der Waals surface area (Å²) < 4.78 is 25.5. The maximum atomic E-state index is 13.5. The summed E-state index contributed by atoms with van der Waals surface area (Å²) in [7, 11) is 0. The molecule has 0 aromatic heterocycles. The molecule has 1 amide bonds. The van der Waals surface area contributed by atoms with E-state index in [2.05, 4.69) is 26.1 Å². The number of carbonyl (C=O) groups is 1. The summed E-state index contributed by atoms with van der Waals surface area (Å²) in [4.78, 5) is 14.7. The number of nitrogens with one attached hydrogen (secondary N) is 1. The van der Waals surface area contributed by atoms with Crippen molar-refractivity contribution < 1.29 is 18.7 Å². The van der Waals surface area contributed by atoms with Crippen LogP contribution in [0.5, 0.6) is 11.5 Å². The fourth-order valence-corrected chi connectivity index (χ4v) is 4.16. The maximum absolute atomic E-state index is 13.5. The minimum atomic E-state index is -0.243. The van der Waals surface area contributed by atoms with E-state index in [1.807, 2.05) is 18.2 Å². The van der Waals surface area contributed by atoms with Gasteiger partial charge < -0.3 is 19.7 Å². The summed E-state index contributed by atoms with van der Waals surface area (Å²) in [6, 6.07) is 10.3. The van der Waals surface area contributed by atoms with Crippen LogP contribution in [0.1, 0.15) is 18.4 Å². The second-order valence-electron chi connectivity index (χ2n) is 7.10. The molecule has 4 rings (SSSR count). The van der Waals surface area contributed by atoms with Crippen molar-refractivity contribution in [2.75, 3.05) is 31.2 Å². The number of ether oxygens (including phenoxy) is 2. The summed E-state index contributed by atoms with van der Waals surface area (Å²) in [6.07, 6.45) is 2.13. The molecule has 28 heavy (non-hydrogen) atoms. The Balaban J connectivity index is 1.38. The zero-order valence-corrected chi connectivity index (χ0v) is 17.0. The molecule has 0 spiro atoms. The van der Waals surface area contributed by atoms with Gasteiger partial charge in [-0.25, -0.2) is 4.39 Å². The van der Waals surface area contributed by atoms with Crippen LogP contribution in [0.25, 0.3) is 0 Å². The van der Waals surface area contributed by atoms with Crippen LogP contribution < -0.4 is 19.7 Å². The quantitative estimate of drug-likeness (QED) is 0.774. The van der Waals surface area contributed by atoms with Crippen LogP contribution in [-0.4, -0.2) is 38.3 Å². The van der Waals surface area contributed by atoms with E-state index in [-0.39, 0.29) is 24.2 Å². The lowest BCUT2D eigenvalue weighted by Gasteiger charge is -2.34. The molecule has 1 saturated heterocycles. The summed E-state index contributed by atoms with van der Waals surface area (Å²) in [6.45, 7) is 2.59. The molecular weight excluding hydrogens is 427 g/mol. The van der Waals surface area contributed by atoms with Crippen LogP contribution >= 0.6 is 15.9 Å². The van der Waals surface area contributed by atoms with Gasteiger partial charge in [-0.2, -0.15) is 0 Å². The highest BCUT2D eigenvalue weighted by atomic mass is 79.9. The molecule has 1 atom stereocenters. The van der Waals surface area contributed by atoms with Gasteiger partial charge in [0.15, 0.2) is 11.5 Å². The minimum absolute atomic E-state index is 0.0385. The molecule has 2 aromatic rings. The Labute approximate surface area is 171 Å². The van der Waals surface area contributed by atoms with Crippen LogP contribution in [-0.2, 0) is 11.2 Å². The third-order valence-corrected chi connectivity index (χ3v) is 5.76. The van der Waals surface area contributed by atoms with Crippen molar-refractivity contribution in [1.82, 2.24) is 5.32 Å². The molecular formula is C21H22BrFN2O3. The van der Waals surface area contributed by atoms with Crippen molar-refractivity contribution in [3.63, 3.8) is 0 Å². The van der Waals surface area contributed by atoms with Crippen LogP contribution in [0.3, 0.4) is 0 Å². The number of benzene rings is 2. The first-order chi connectivity index (χ1) is 13.6. The number of halogens is 2. The van der Waals surface area contributed by atoms with Crippen LogP contribution in [0.4, 0.5) is 10.1 Å². The average molecular weight is 449 g/mol. The molecule has 0 bridgehead atoms. The second kappa shape index (κ2) is 8.39. The standard InChI is InChI=1S/C21H22BrFN2O3/c22-18-12-20-19(27-7-8-28-20)9-14(18)10-21(26)24-16-4-2-6-25(13-16)17-5-1-3-15(23)11-17/h1,3,5,9,11-12,16H,2,4,6-8,10,13H2,(H,24,26)/t16-/m0/s1. The van der Waals surface area contributed by atoms with Crippen molar-refractivity contribution >= 4 is 27.5 Å². The molecule has 7 heteroatoms. The zero-order chi connectivity index (χ0) is 19.5. The smallest absolute Gasteiger partial charge is 0.224 e. The van der Waals surface area contributed by atoms with Crippen molar-refractivity contribution in [2.24, 2.45) is 0 Å². The lowest BCUT2D eigenvalue weighted by molar-refractivity contribution is -0.121. The number of carbonyl (C=O) groups excluding carboxylic acids is 1. The van der Waals surface area contributed by atoms with E-state index in [0.29, 0.717) is 31.3 Å². The van der Waals surface area contributed by atoms with Crippen molar-refractivity contribution in [3.8, 4) is 11.5 Å². The van der Waals surface area contributed by atoms with E-state index >= 15 is 0 Å². The van der Waals surface area contributed by atoms with Crippen molar-refractivity contribution in [1.29, 1.82) is 0 Å². The first-order valence-electron chi connectivity index (χ1n) is 9.46. The van der Waals surface area contributed by atoms with Gasteiger partial charge in [0.1, 0.15) is 19.0 Å². The van der Waals surface area contributed by atoms with Gasteiger partial charge in [-0.15, -0.1) is 0 Å². The molecule has 2 aliphatic heterocycles. The first-order valence-corrected chi connectivity index (χ1v) is 10.3. The molecule has 5 nitrogen and oxygen atoms in total. The van der Waals surface area contributed by atoms with Crippen LogP contribution in [0.2, 0.25) is 0 Å². The monoisotopic (exact) mass is 448 g/mol. The van der Waals surface area contributed by atoms with E-state index in [9.17, 15) is 9.18 Å². The molecule has 148 valence electrons. The zero-order valence-electron chi connectivity index (χ0n) is 15.4. The Morgan fingerprint density at radius 3 is 2.79 bits per heavy atom. The van der Waals surface area contributed by atoms with E-state index in [1.165, 1.54) is 12.1 Å². The van der Waals surface area contributed by atoms with Crippen molar-refractivity contribution in [3.05, 3.63) is 52.3 Å². The molecule has 2 aromatic carbocycles. The fourth-order valence-electron chi connectivity index (χ4n) is 3.70. The Hall–Kier alpha value is -2.28. The Morgan fingerprint density at radius 1 is 1.21 bits per heavy atom. The number of amides is 1. The number of anilines is 1. The predicted molar refractivity (Wildman–Crippen MR) is 109 cm³/mol. The third kappa shape index (κ3) is 4.41. The number of fused-ring (bicyclic) bond motifs is 1. The molecule has 2 aliphatic rings. The second-order valence-corrected chi connectivity index (χ2v) is 7.95. The Kier molecular flexibility index (Phi) is 5.71. The first kappa shape index (κ1) is 19.1. The Bertz CT molecular complexity index is 877. The van der Waals surface area contributed by atoms with Gasteiger partial charge in [-0.3, -0.25) is 4.79 Å². The third-order valence-electron chi connectivity index (χ3n) is 5.02. The van der Waals surface area contributed by atoms with E-state index in [1.54, 1.807) is 6.07 Å². The van der Waals surface area contributed by atoms with Gasteiger partial charge in [-0.05, 0) is 48.7 Å². The van der Waals surface area contributed by atoms with Crippen LogP contribution in [0.15, 0.2) is 40.9 Å². The Morgan fingerprint density at radius 2 is 2.00 bits per heavy atom. The lowest BCUT2D eigenvalue weighted by Crippen LogP contribution is -2.48. The van der Waals surface area contributed by atoms with E-state index in [4.69, 9.17) is 9.47 Å². The topological polar surface area (TPSA) is 50.8 Å². The van der Waals surface area contributed by atoms with Crippen LogP contribution in [0, 0.1) is 5.82 Å².